The minimum absolute atomic E-state index is 0.301. The minimum Gasteiger partial charge on any atom is -0.465 e. The van der Waals surface area contributed by atoms with Crippen LogP contribution in [0.3, 0.4) is 0 Å². The molecule has 1 heterocycles. The SMILES string of the molecule is COC(=O)c1cncc(C2CCCCC2)c1. The van der Waals surface area contributed by atoms with E-state index in [-0.39, 0.29) is 5.97 Å². The summed E-state index contributed by atoms with van der Waals surface area (Å²) in [6, 6.07) is 1.93. The lowest BCUT2D eigenvalue weighted by Crippen LogP contribution is -2.08. The molecule has 1 aliphatic rings. The van der Waals surface area contributed by atoms with Gasteiger partial charge in [0.15, 0.2) is 0 Å². The molecule has 2 rings (SSSR count). The van der Waals surface area contributed by atoms with E-state index >= 15 is 0 Å². The van der Waals surface area contributed by atoms with E-state index in [1.807, 2.05) is 12.3 Å². The van der Waals surface area contributed by atoms with Crippen molar-refractivity contribution in [3.63, 3.8) is 0 Å². The Labute approximate surface area is 95.8 Å². The molecule has 0 aromatic carbocycles. The molecule has 3 heteroatoms. The van der Waals surface area contributed by atoms with Crippen LogP contribution < -0.4 is 0 Å². The summed E-state index contributed by atoms with van der Waals surface area (Å²) in [5.74, 6) is 0.274. The Hall–Kier alpha value is -1.38. The highest BCUT2D eigenvalue weighted by molar-refractivity contribution is 5.89. The van der Waals surface area contributed by atoms with Crippen molar-refractivity contribution in [3.05, 3.63) is 29.6 Å². The van der Waals surface area contributed by atoms with Gasteiger partial charge >= 0.3 is 5.97 Å². The molecule has 1 fully saturated rings. The molecule has 0 saturated heterocycles. The first kappa shape index (κ1) is 11.1. The summed E-state index contributed by atoms with van der Waals surface area (Å²) in [5.41, 5.74) is 1.74. The second-order valence-corrected chi connectivity index (χ2v) is 4.33. The van der Waals surface area contributed by atoms with Crippen LogP contribution in [0.4, 0.5) is 0 Å². The van der Waals surface area contributed by atoms with Crippen molar-refractivity contribution in [1.82, 2.24) is 4.98 Å². The molecule has 0 spiro atoms. The van der Waals surface area contributed by atoms with E-state index in [1.165, 1.54) is 44.8 Å². The fraction of sp³-hybridized carbons (Fsp3) is 0.538. The van der Waals surface area contributed by atoms with Crippen molar-refractivity contribution in [2.24, 2.45) is 0 Å². The molecule has 0 unspecified atom stereocenters. The molecule has 1 aromatic heterocycles. The van der Waals surface area contributed by atoms with Crippen LogP contribution in [-0.2, 0) is 4.74 Å². The number of aromatic nitrogens is 1. The Morgan fingerprint density at radius 2 is 2.06 bits per heavy atom. The van der Waals surface area contributed by atoms with Gasteiger partial charge in [-0.3, -0.25) is 4.98 Å². The largest absolute Gasteiger partial charge is 0.465 e. The van der Waals surface area contributed by atoms with Crippen LogP contribution in [0.5, 0.6) is 0 Å². The number of rotatable bonds is 2. The molecule has 0 bridgehead atoms. The third-order valence-electron chi connectivity index (χ3n) is 3.26. The average Bonchev–Trinajstić information content (AvgIpc) is 2.39. The molecule has 16 heavy (non-hydrogen) atoms. The van der Waals surface area contributed by atoms with Crippen molar-refractivity contribution in [2.45, 2.75) is 38.0 Å². The standard InChI is InChI=1S/C13H17NO2/c1-16-13(15)12-7-11(8-14-9-12)10-5-3-2-4-6-10/h7-10H,2-6H2,1H3. The topological polar surface area (TPSA) is 39.2 Å². The maximum absolute atomic E-state index is 11.4. The zero-order valence-electron chi connectivity index (χ0n) is 9.61. The Kier molecular flexibility index (Phi) is 3.54. The number of carbonyl (C=O) groups is 1. The monoisotopic (exact) mass is 219 g/mol. The Morgan fingerprint density at radius 3 is 2.75 bits per heavy atom. The van der Waals surface area contributed by atoms with E-state index in [2.05, 4.69) is 4.98 Å². The number of hydrogen-bond donors (Lipinski definition) is 0. The number of methoxy groups -OCH3 is 1. The maximum atomic E-state index is 11.4. The third-order valence-corrected chi connectivity index (χ3v) is 3.26. The summed E-state index contributed by atoms with van der Waals surface area (Å²) in [6.07, 6.45) is 9.78. The summed E-state index contributed by atoms with van der Waals surface area (Å²) < 4.78 is 4.70. The van der Waals surface area contributed by atoms with Gasteiger partial charge in [0.25, 0.3) is 0 Å². The molecular formula is C13H17NO2. The van der Waals surface area contributed by atoms with Crippen LogP contribution in [0.25, 0.3) is 0 Å². The minimum atomic E-state index is -0.301. The number of carbonyl (C=O) groups excluding carboxylic acids is 1. The molecule has 3 nitrogen and oxygen atoms in total. The Bertz CT molecular complexity index is 370. The van der Waals surface area contributed by atoms with Gasteiger partial charge in [-0.2, -0.15) is 0 Å². The molecular weight excluding hydrogens is 202 g/mol. The molecule has 0 aliphatic heterocycles. The van der Waals surface area contributed by atoms with Gasteiger partial charge in [-0.05, 0) is 30.4 Å². The van der Waals surface area contributed by atoms with Crippen molar-refractivity contribution in [3.8, 4) is 0 Å². The molecule has 0 N–H and O–H groups in total. The van der Waals surface area contributed by atoms with E-state index < -0.39 is 0 Å². The van der Waals surface area contributed by atoms with Gasteiger partial charge in [0.05, 0.1) is 12.7 Å². The summed E-state index contributed by atoms with van der Waals surface area (Å²) in [7, 11) is 1.40. The van der Waals surface area contributed by atoms with Crippen LogP contribution in [0, 0.1) is 0 Å². The third kappa shape index (κ3) is 2.40. The number of pyridine rings is 1. The van der Waals surface area contributed by atoms with E-state index in [9.17, 15) is 4.79 Å². The van der Waals surface area contributed by atoms with Crippen LogP contribution in [-0.4, -0.2) is 18.1 Å². The van der Waals surface area contributed by atoms with Gasteiger partial charge in [-0.15, -0.1) is 0 Å². The Balaban J connectivity index is 2.17. The van der Waals surface area contributed by atoms with Crippen LogP contribution in [0.1, 0.15) is 53.9 Å². The highest BCUT2D eigenvalue weighted by Gasteiger charge is 2.17. The molecule has 1 aromatic rings. The lowest BCUT2D eigenvalue weighted by Gasteiger charge is -2.21. The number of ether oxygens (including phenoxy) is 1. The summed E-state index contributed by atoms with van der Waals surface area (Å²) in [4.78, 5) is 15.5. The van der Waals surface area contributed by atoms with E-state index in [0.29, 0.717) is 11.5 Å². The predicted octanol–water partition coefficient (Wildman–Crippen LogP) is 2.92. The van der Waals surface area contributed by atoms with Crippen molar-refractivity contribution < 1.29 is 9.53 Å². The quantitative estimate of drug-likeness (QED) is 0.718. The molecule has 0 radical (unpaired) electrons. The molecule has 0 atom stereocenters. The first-order chi connectivity index (χ1) is 7.81. The van der Waals surface area contributed by atoms with Crippen LogP contribution in [0.15, 0.2) is 18.5 Å². The zero-order chi connectivity index (χ0) is 11.4. The van der Waals surface area contributed by atoms with Gasteiger partial charge in [0.1, 0.15) is 0 Å². The smallest absolute Gasteiger partial charge is 0.339 e. The van der Waals surface area contributed by atoms with Gasteiger partial charge in [-0.1, -0.05) is 19.3 Å². The average molecular weight is 219 g/mol. The highest BCUT2D eigenvalue weighted by atomic mass is 16.5. The van der Waals surface area contributed by atoms with Gasteiger partial charge in [0.2, 0.25) is 0 Å². The van der Waals surface area contributed by atoms with Crippen molar-refractivity contribution >= 4 is 5.97 Å². The number of hydrogen-bond acceptors (Lipinski definition) is 3. The maximum Gasteiger partial charge on any atom is 0.339 e. The van der Waals surface area contributed by atoms with Gasteiger partial charge in [-0.25, -0.2) is 4.79 Å². The van der Waals surface area contributed by atoms with Gasteiger partial charge < -0.3 is 4.74 Å². The number of nitrogens with zero attached hydrogens (tertiary/aromatic N) is 1. The van der Waals surface area contributed by atoms with E-state index in [0.717, 1.165) is 0 Å². The summed E-state index contributed by atoms with van der Waals surface area (Å²) in [5, 5.41) is 0. The first-order valence-electron chi connectivity index (χ1n) is 5.84. The lowest BCUT2D eigenvalue weighted by atomic mass is 9.84. The highest BCUT2D eigenvalue weighted by Crippen LogP contribution is 2.32. The van der Waals surface area contributed by atoms with Gasteiger partial charge in [0, 0.05) is 12.4 Å². The zero-order valence-corrected chi connectivity index (χ0v) is 9.61. The normalized spacial score (nSPS) is 17.1. The summed E-state index contributed by atoms with van der Waals surface area (Å²) >= 11 is 0. The predicted molar refractivity (Wildman–Crippen MR) is 61.4 cm³/mol. The van der Waals surface area contributed by atoms with Crippen molar-refractivity contribution in [1.29, 1.82) is 0 Å². The molecule has 1 aliphatic carbocycles. The van der Waals surface area contributed by atoms with E-state index in [4.69, 9.17) is 4.74 Å². The fourth-order valence-corrected chi connectivity index (χ4v) is 2.35. The molecule has 1 saturated carbocycles. The second-order valence-electron chi connectivity index (χ2n) is 4.33. The van der Waals surface area contributed by atoms with E-state index in [1.54, 1.807) is 6.20 Å². The molecule has 0 amide bonds. The fourth-order valence-electron chi connectivity index (χ4n) is 2.35. The van der Waals surface area contributed by atoms with Crippen LogP contribution in [0.2, 0.25) is 0 Å². The summed E-state index contributed by atoms with van der Waals surface area (Å²) in [6.45, 7) is 0. The Morgan fingerprint density at radius 1 is 1.31 bits per heavy atom. The van der Waals surface area contributed by atoms with Crippen molar-refractivity contribution in [2.75, 3.05) is 7.11 Å². The number of esters is 1. The molecule has 86 valence electrons. The second kappa shape index (κ2) is 5.10. The lowest BCUT2D eigenvalue weighted by molar-refractivity contribution is 0.0600. The van der Waals surface area contributed by atoms with Crippen LogP contribution >= 0.6 is 0 Å². The first-order valence-corrected chi connectivity index (χ1v) is 5.84.